The highest BCUT2D eigenvalue weighted by Crippen LogP contribution is 2.23. The molecular formula is C22H29ClN3O3+. The molecule has 0 saturated carbocycles. The van der Waals surface area contributed by atoms with Crippen LogP contribution >= 0.6 is 11.6 Å². The molecule has 1 aliphatic rings. The smallest absolute Gasteiger partial charge is 0.255 e. The zero-order valence-electron chi connectivity index (χ0n) is 17.2. The molecule has 2 N–H and O–H groups in total. The first-order valence-corrected chi connectivity index (χ1v) is 10.2. The molecule has 1 atom stereocenters. The van der Waals surface area contributed by atoms with Crippen molar-refractivity contribution in [2.75, 3.05) is 59.0 Å². The Morgan fingerprint density at radius 2 is 1.90 bits per heavy atom. The fourth-order valence-electron chi connectivity index (χ4n) is 3.63. The third kappa shape index (κ3) is 5.41. The van der Waals surface area contributed by atoms with E-state index in [0.29, 0.717) is 22.9 Å². The molecule has 156 valence electrons. The van der Waals surface area contributed by atoms with E-state index in [1.54, 1.807) is 25.3 Å². The van der Waals surface area contributed by atoms with Gasteiger partial charge in [-0.05, 0) is 30.3 Å². The van der Waals surface area contributed by atoms with Gasteiger partial charge in [-0.25, -0.2) is 0 Å². The maximum absolute atomic E-state index is 12.8. The van der Waals surface area contributed by atoms with Gasteiger partial charge in [0.1, 0.15) is 24.9 Å². The Balaban J connectivity index is 1.78. The summed E-state index contributed by atoms with van der Waals surface area (Å²) < 4.78 is 10.8. The molecule has 0 radical (unpaired) electrons. The molecule has 7 heteroatoms. The second kappa shape index (κ2) is 9.96. The Morgan fingerprint density at radius 1 is 1.21 bits per heavy atom. The van der Waals surface area contributed by atoms with E-state index in [-0.39, 0.29) is 11.9 Å². The Morgan fingerprint density at radius 3 is 2.52 bits per heavy atom. The second-order valence-electron chi connectivity index (χ2n) is 7.36. The van der Waals surface area contributed by atoms with E-state index in [0.717, 1.165) is 32.0 Å². The van der Waals surface area contributed by atoms with E-state index in [2.05, 4.69) is 34.5 Å². The van der Waals surface area contributed by atoms with Crippen molar-refractivity contribution in [3.8, 4) is 5.75 Å². The summed E-state index contributed by atoms with van der Waals surface area (Å²) in [5.41, 5.74) is 2.79. The van der Waals surface area contributed by atoms with Crippen LogP contribution in [0.15, 0.2) is 42.5 Å². The molecule has 6 nitrogen and oxygen atoms in total. The van der Waals surface area contributed by atoms with Crippen molar-refractivity contribution in [1.29, 1.82) is 0 Å². The quantitative estimate of drug-likeness (QED) is 0.720. The highest BCUT2D eigenvalue weighted by Gasteiger charge is 2.27. The van der Waals surface area contributed by atoms with Crippen molar-refractivity contribution >= 4 is 23.2 Å². The van der Waals surface area contributed by atoms with Gasteiger partial charge < -0.3 is 24.6 Å². The molecule has 1 aliphatic heterocycles. The predicted octanol–water partition coefficient (Wildman–Crippen LogP) is 1.80. The average Bonchev–Trinajstić information content (AvgIpc) is 2.74. The third-order valence-electron chi connectivity index (χ3n) is 5.31. The van der Waals surface area contributed by atoms with E-state index in [1.807, 2.05) is 14.1 Å². The summed E-state index contributed by atoms with van der Waals surface area (Å²) in [5.74, 6) is 0.324. The lowest BCUT2D eigenvalue weighted by atomic mass is 10.0. The summed E-state index contributed by atoms with van der Waals surface area (Å²) >= 11 is 6.08. The maximum Gasteiger partial charge on any atom is 0.255 e. The lowest BCUT2D eigenvalue weighted by molar-refractivity contribution is -0.937. The number of carbonyl (C=O) groups is 1. The number of nitrogens with one attached hydrogen (secondary N) is 2. The van der Waals surface area contributed by atoms with Crippen LogP contribution in [0.4, 0.5) is 5.69 Å². The first-order valence-electron chi connectivity index (χ1n) is 9.81. The van der Waals surface area contributed by atoms with Crippen LogP contribution in [0.2, 0.25) is 5.02 Å². The van der Waals surface area contributed by atoms with Crippen LogP contribution in [-0.4, -0.2) is 60.0 Å². The maximum atomic E-state index is 12.8. The first kappa shape index (κ1) is 21.4. The van der Waals surface area contributed by atoms with Crippen molar-refractivity contribution in [3.05, 3.63) is 58.6 Å². The first-order chi connectivity index (χ1) is 14.0. The van der Waals surface area contributed by atoms with Crippen LogP contribution in [0.1, 0.15) is 22.0 Å². The molecule has 0 bridgehead atoms. The second-order valence-corrected chi connectivity index (χ2v) is 7.80. The number of rotatable bonds is 7. The summed E-state index contributed by atoms with van der Waals surface area (Å²) in [6, 6.07) is 13.7. The number of anilines is 1. The van der Waals surface area contributed by atoms with Gasteiger partial charge >= 0.3 is 0 Å². The van der Waals surface area contributed by atoms with Gasteiger partial charge in [-0.3, -0.25) is 4.79 Å². The van der Waals surface area contributed by atoms with Gasteiger partial charge in [0.15, 0.2) is 0 Å². The molecule has 1 fully saturated rings. The highest BCUT2D eigenvalue weighted by molar-refractivity contribution is 6.31. The van der Waals surface area contributed by atoms with Crippen LogP contribution in [0.25, 0.3) is 0 Å². The van der Waals surface area contributed by atoms with E-state index in [1.165, 1.54) is 10.5 Å². The summed E-state index contributed by atoms with van der Waals surface area (Å²) in [4.78, 5) is 16.3. The topological polar surface area (TPSA) is 55.2 Å². The SMILES string of the molecule is COc1ccc(Cl)cc1C(=O)NC[C@@H](c1ccc(N(C)C)cc1)[NH+]1CCOCC1. The number of halogens is 1. The number of hydrogen-bond donors (Lipinski definition) is 2. The van der Waals surface area contributed by atoms with Crippen LogP contribution in [-0.2, 0) is 4.74 Å². The average molecular weight is 419 g/mol. The molecule has 2 aromatic carbocycles. The van der Waals surface area contributed by atoms with E-state index < -0.39 is 0 Å². The standard InChI is InChI=1S/C22H28ClN3O3/c1-25(2)18-7-4-16(5-8-18)20(26-10-12-29-13-11-26)15-24-22(27)19-14-17(23)6-9-21(19)28-3/h4-9,14,20H,10-13,15H2,1-3H3,(H,24,27)/p+1/t20-/m0/s1. The predicted molar refractivity (Wildman–Crippen MR) is 115 cm³/mol. The Hall–Kier alpha value is -2.28. The van der Waals surface area contributed by atoms with Crippen molar-refractivity contribution in [3.63, 3.8) is 0 Å². The zero-order valence-corrected chi connectivity index (χ0v) is 18.0. The third-order valence-corrected chi connectivity index (χ3v) is 5.55. The molecule has 0 spiro atoms. The number of benzene rings is 2. The van der Waals surface area contributed by atoms with E-state index in [9.17, 15) is 4.79 Å². The van der Waals surface area contributed by atoms with Crippen molar-refractivity contribution in [1.82, 2.24) is 5.32 Å². The lowest BCUT2D eigenvalue weighted by Gasteiger charge is -2.32. The molecule has 3 rings (SSSR count). The lowest BCUT2D eigenvalue weighted by Crippen LogP contribution is -3.15. The van der Waals surface area contributed by atoms with Crippen molar-refractivity contribution in [2.45, 2.75) is 6.04 Å². The minimum atomic E-state index is -0.188. The summed E-state index contributed by atoms with van der Waals surface area (Å²) in [6.45, 7) is 3.81. The molecule has 29 heavy (non-hydrogen) atoms. The monoisotopic (exact) mass is 418 g/mol. The number of ether oxygens (including phenoxy) is 2. The molecule has 0 aromatic heterocycles. The van der Waals surface area contributed by atoms with Gasteiger partial charge in [0.25, 0.3) is 5.91 Å². The summed E-state index contributed by atoms with van der Waals surface area (Å²) in [6.07, 6.45) is 0. The van der Waals surface area contributed by atoms with Crippen LogP contribution in [0, 0.1) is 0 Å². The van der Waals surface area contributed by atoms with Crippen molar-refractivity contribution in [2.24, 2.45) is 0 Å². The highest BCUT2D eigenvalue weighted by atomic mass is 35.5. The number of carbonyl (C=O) groups excluding carboxylic acids is 1. The Kier molecular flexibility index (Phi) is 7.36. The molecular weight excluding hydrogens is 390 g/mol. The van der Waals surface area contributed by atoms with Crippen LogP contribution < -0.4 is 19.9 Å². The van der Waals surface area contributed by atoms with Crippen molar-refractivity contribution < 1.29 is 19.2 Å². The zero-order chi connectivity index (χ0) is 20.8. The number of morpholine rings is 1. The molecule has 0 aliphatic carbocycles. The fraction of sp³-hybridized carbons (Fsp3) is 0.409. The molecule has 1 amide bonds. The summed E-state index contributed by atoms with van der Waals surface area (Å²) in [5, 5.41) is 3.59. The Bertz CT molecular complexity index is 821. The number of hydrogen-bond acceptors (Lipinski definition) is 4. The fourth-order valence-corrected chi connectivity index (χ4v) is 3.80. The van der Waals surface area contributed by atoms with Gasteiger partial charge in [0, 0.05) is 30.4 Å². The van der Waals surface area contributed by atoms with E-state index >= 15 is 0 Å². The van der Waals surface area contributed by atoms with Gasteiger partial charge in [0.2, 0.25) is 0 Å². The van der Waals surface area contributed by atoms with Crippen LogP contribution in [0.3, 0.4) is 0 Å². The van der Waals surface area contributed by atoms with E-state index in [4.69, 9.17) is 21.1 Å². The minimum Gasteiger partial charge on any atom is -0.496 e. The number of nitrogens with zero attached hydrogens (tertiary/aromatic N) is 1. The molecule has 1 heterocycles. The molecule has 0 unspecified atom stereocenters. The van der Waals surface area contributed by atoms with Crippen LogP contribution in [0.5, 0.6) is 5.75 Å². The number of amides is 1. The van der Waals surface area contributed by atoms with Gasteiger partial charge in [-0.2, -0.15) is 0 Å². The largest absolute Gasteiger partial charge is 0.496 e. The number of methoxy groups -OCH3 is 1. The molecule has 1 saturated heterocycles. The van der Waals surface area contributed by atoms with Gasteiger partial charge in [-0.15, -0.1) is 0 Å². The molecule has 2 aromatic rings. The van der Waals surface area contributed by atoms with Gasteiger partial charge in [0.05, 0.1) is 32.4 Å². The Labute approximate surface area is 177 Å². The normalized spacial score (nSPS) is 15.6. The summed E-state index contributed by atoms with van der Waals surface area (Å²) in [7, 11) is 5.60. The number of quaternary nitrogens is 1. The van der Waals surface area contributed by atoms with Gasteiger partial charge in [-0.1, -0.05) is 23.7 Å². The minimum absolute atomic E-state index is 0.143.